The molecule has 0 aromatic heterocycles. The van der Waals surface area contributed by atoms with Crippen molar-refractivity contribution in [3.8, 4) is 11.8 Å². The molecule has 0 rings (SSSR count). The molecule has 0 nitrogen and oxygen atoms in total. The smallest absolute Gasteiger partial charge is 0.252 e. The Labute approximate surface area is 51.3 Å². The molecule has 0 N–H and O–H groups in total. The second kappa shape index (κ2) is 2.88. The van der Waals surface area contributed by atoms with Gasteiger partial charge in [-0.1, -0.05) is 0 Å². The Balaban J connectivity index is 3.50. The van der Waals surface area contributed by atoms with Crippen LogP contribution in [0.1, 0.15) is 6.92 Å². The second-order valence-corrected chi connectivity index (χ2v) is 6.11. The highest BCUT2D eigenvalue weighted by Crippen LogP contribution is 2.07. The van der Waals surface area contributed by atoms with E-state index in [1.54, 1.807) is 20.0 Å². The van der Waals surface area contributed by atoms with Crippen molar-refractivity contribution in [3.05, 3.63) is 0 Å². The topological polar surface area (TPSA) is 0 Å². The zero-order chi connectivity index (χ0) is 6.62. The summed E-state index contributed by atoms with van der Waals surface area (Å²) in [5.41, 5.74) is 0. The molecule has 0 aliphatic carbocycles. The number of halogens is 1. The Hall–Kier alpha value is -0.293. The lowest BCUT2D eigenvalue weighted by molar-refractivity contribution is 0.802. The quantitative estimate of drug-likeness (QED) is 0.290. The van der Waals surface area contributed by atoms with Gasteiger partial charge in [0.15, 0.2) is 0 Å². The Bertz CT molecular complexity index is 113. The first kappa shape index (κ1) is 7.71. The van der Waals surface area contributed by atoms with Gasteiger partial charge in [0.2, 0.25) is 0 Å². The summed E-state index contributed by atoms with van der Waals surface area (Å²) in [5, 5.41) is 0. The van der Waals surface area contributed by atoms with E-state index < -0.39 is 8.41 Å². The van der Waals surface area contributed by atoms with Crippen LogP contribution in [0.3, 0.4) is 0 Å². The highest BCUT2D eigenvalue weighted by atomic mass is 28.4. The van der Waals surface area contributed by atoms with Crippen molar-refractivity contribution in [2.45, 2.75) is 26.1 Å². The predicted octanol–water partition coefficient (Wildman–Crippen LogP) is 2.18. The fraction of sp³-hybridized carbons (Fsp3) is 0.667. The average molecular weight is 130 g/mol. The van der Waals surface area contributed by atoms with E-state index in [1.165, 1.54) is 0 Å². The zero-order valence-electron chi connectivity index (χ0n) is 5.59. The van der Waals surface area contributed by atoms with Crippen LogP contribution in [0, 0.1) is 11.8 Å². The van der Waals surface area contributed by atoms with E-state index in [0.29, 0.717) is 6.04 Å². The zero-order valence-corrected chi connectivity index (χ0v) is 6.59. The van der Waals surface area contributed by atoms with E-state index in [0.717, 1.165) is 0 Å². The van der Waals surface area contributed by atoms with Gasteiger partial charge in [-0.15, -0.1) is 11.8 Å². The van der Waals surface area contributed by atoms with E-state index in [2.05, 4.69) is 11.8 Å². The van der Waals surface area contributed by atoms with Crippen LogP contribution in [-0.4, -0.2) is 8.41 Å². The van der Waals surface area contributed by atoms with Crippen LogP contribution in [0.4, 0.5) is 4.11 Å². The van der Waals surface area contributed by atoms with Crippen molar-refractivity contribution in [1.82, 2.24) is 0 Å². The van der Waals surface area contributed by atoms with Crippen molar-refractivity contribution in [2.75, 3.05) is 0 Å². The molecule has 0 saturated carbocycles. The first-order chi connectivity index (χ1) is 3.56. The lowest BCUT2D eigenvalue weighted by Gasteiger charge is -2.02. The van der Waals surface area contributed by atoms with Crippen molar-refractivity contribution < 1.29 is 4.11 Å². The maximum atomic E-state index is 12.6. The Morgan fingerprint density at radius 1 is 1.50 bits per heavy atom. The van der Waals surface area contributed by atoms with Gasteiger partial charge in [-0.25, -0.2) is 0 Å². The Morgan fingerprint density at radius 3 is 2.12 bits per heavy atom. The molecule has 0 aromatic rings. The minimum Gasteiger partial charge on any atom is -0.313 e. The van der Waals surface area contributed by atoms with Crippen molar-refractivity contribution in [3.63, 3.8) is 0 Å². The Morgan fingerprint density at radius 2 is 2.00 bits per heavy atom. The molecule has 0 amide bonds. The molecule has 0 heterocycles. The fourth-order valence-electron chi connectivity index (χ4n) is 0.299. The fourth-order valence-corrected chi connectivity index (χ4v) is 0.896. The minimum atomic E-state index is -2.35. The normalized spacial score (nSPS) is 10.0. The Kier molecular flexibility index (Phi) is 2.78. The molecule has 8 heavy (non-hydrogen) atoms. The van der Waals surface area contributed by atoms with E-state index in [4.69, 9.17) is 0 Å². The van der Waals surface area contributed by atoms with E-state index in [-0.39, 0.29) is 0 Å². The summed E-state index contributed by atoms with van der Waals surface area (Å²) >= 11 is 0. The summed E-state index contributed by atoms with van der Waals surface area (Å²) in [6, 6.07) is 0.476. The van der Waals surface area contributed by atoms with Crippen molar-refractivity contribution in [1.29, 1.82) is 0 Å². The van der Waals surface area contributed by atoms with Gasteiger partial charge in [-0.05, 0) is 20.0 Å². The summed E-state index contributed by atoms with van der Waals surface area (Å²) in [7, 11) is -2.35. The lowest BCUT2D eigenvalue weighted by atomic mass is 10.7. The maximum Gasteiger partial charge on any atom is 0.252 e. The molecular formula is C6H11FSi. The SMILES string of the molecule is CC#CC[Si](C)(C)F. The molecule has 0 saturated heterocycles. The van der Waals surface area contributed by atoms with Gasteiger partial charge >= 0.3 is 0 Å². The summed E-state index contributed by atoms with van der Waals surface area (Å²) < 4.78 is 12.6. The molecule has 0 bridgehead atoms. The molecular weight excluding hydrogens is 119 g/mol. The van der Waals surface area contributed by atoms with Crippen LogP contribution in [0.25, 0.3) is 0 Å². The summed E-state index contributed by atoms with van der Waals surface area (Å²) in [5.74, 6) is 5.39. The van der Waals surface area contributed by atoms with Crippen LogP contribution in [-0.2, 0) is 0 Å². The number of rotatable bonds is 1. The monoisotopic (exact) mass is 130 g/mol. The summed E-state index contributed by atoms with van der Waals surface area (Å²) in [6.07, 6.45) is 0. The van der Waals surface area contributed by atoms with Gasteiger partial charge in [0.05, 0.1) is 0 Å². The minimum absolute atomic E-state index is 0.476. The third-order valence-corrected chi connectivity index (χ3v) is 1.70. The highest BCUT2D eigenvalue weighted by molar-refractivity contribution is 6.71. The van der Waals surface area contributed by atoms with Gasteiger partial charge in [0, 0.05) is 6.04 Å². The second-order valence-electron chi connectivity index (χ2n) is 2.32. The molecule has 0 radical (unpaired) electrons. The number of hydrogen-bond donors (Lipinski definition) is 0. The largest absolute Gasteiger partial charge is 0.313 e. The number of hydrogen-bond acceptors (Lipinski definition) is 0. The van der Waals surface area contributed by atoms with Crippen LogP contribution in [0.15, 0.2) is 0 Å². The third-order valence-electron chi connectivity index (χ3n) is 0.686. The van der Waals surface area contributed by atoms with E-state index >= 15 is 0 Å². The molecule has 46 valence electrons. The van der Waals surface area contributed by atoms with Crippen molar-refractivity contribution in [2.24, 2.45) is 0 Å². The van der Waals surface area contributed by atoms with Gasteiger partial charge in [0.25, 0.3) is 8.41 Å². The van der Waals surface area contributed by atoms with Crippen LogP contribution in [0.2, 0.25) is 19.1 Å². The van der Waals surface area contributed by atoms with Gasteiger partial charge < -0.3 is 4.11 Å². The lowest BCUT2D eigenvalue weighted by Crippen LogP contribution is -2.15. The van der Waals surface area contributed by atoms with E-state index in [1.807, 2.05) is 0 Å². The van der Waals surface area contributed by atoms with Gasteiger partial charge in [-0.2, -0.15) is 0 Å². The van der Waals surface area contributed by atoms with E-state index in [9.17, 15) is 4.11 Å². The van der Waals surface area contributed by atoms with Gasteiger partial charge in [0.1, 0.15) is 0 Å². The molecule has 0 spiro atoms. The molecule has 0 fully saturated rings. The summed E-state index contributed by atoms with van der Waals surface area (Å²) in [6.45, 7) is 5.06. The summed E-state index contributed by atoms with van der Waals surface area (Å²) in [4.78, 5) is 0. The maximum absolute atomic E-state index is 12.6. The molecule has 0 aliphatic heterocycles. The van der Waals surface area contributed by atoms with Gasteiger partial charge in [-0.3, -0.25) is 0 Å². The molecule has 0 aromatic carbocycles. The third kappa shape index (κ3) is 5.71. The van der Waals surface area contributed by atoms with Crippen LogP contribution in [0.5, 0.6) is 0 Å². The molecule has 2 heteroatoms. The molecule has 0 atom stereocenters. The first-order valence-electron chi connectivity index (χ1n) is 2.65. The standard InChI is InChI=1S/C6H11FSi/c1-4-5-6-8(2,3)7/h6H2,1-3H3. The molecule has 0 unspecified atom stereocenters. The molecule has 0 aliphatic rings. The first-order valence-corrected chi connectivity index (χ1v) is 5.73. The predicted molar refractivity (Wildman–Crippen MR) is 36.8 cm³/mol. The highest BCUT2D eigenvalue weighted by Gasteiger charge is 2.17. The van der Waals surface area contributed by atoms with Crippen molar-refractivity contribution >= 4 is 8.41 Å². The van der Waals surface area contributed by atoms with Crippen LogP contribution >= 0.6 is 0 Å². The average Bonchev–Trinajstić information content (AvgIpc) is 1.59. The van der Waals surface area contributed by atoms with Crippen LogP contribution < -0.4 is 0 Å².